The molecule has 1 aromatic rings. The van der Waals surface area contributed by atoms with E-state index in [2.05, 4.69) is 6.07 Å². The normalized spacial score (nSPS) is 11.2. The van der Waals surface area contributed by atoms with Crippen LogP contribution >= 0.6 is 11.6 Å². The number of hydrogen-bond donors (Lipinski definition) is 2. The number of nitrogens with zero attached hydrogens (tertiary/aromatic N) is 1. The van der Waals surface area contributed by atoms with E-state index in [1.165, 1.54) is 0 Å². The Morgan fingerprint density at radius 3 is 2.54 bits per heavy atom. The number of benzene rings is 1. The fraction of sp³-hybridized carbons (Fsp3) is 0.222. The molecule has 0 aliphatic carbocycles. The molecule has 1 aromatic carbocycles. The van der Waals surface area contributed by atoms with Crippen LogP contribution in [-0.2, 0) is 0 Å². The minimum atomic E-state index is -0.293. The first-order valence-corrected chi connectivity index (χ1v) is 4.01. The summed E-state index contributed by atoms with van der Waals surface area (Å²) in [5.74, 6) is -0.293. The standard InChI is InChI=1S/C9H9ClN2.H3N/c10-9-4-2-1-3-8(9)7(5-11)6-12;/h1-4,7H,5,11H2;1H3. The highest BCUT2D eigenvalue weighted by molar-refractivity contribution is 6.31. The first kappa shape index (κ1) is 11.9. The first-order valence-electron chi connectivity index (χ1n) is 3.63. The zero-order valence-electron chi connectivity index (χ0n) is 7.20. The summed E-state index contributed by atoms with van der Waals surface area (Å²) in [5.41, 5.74) is 6.21. The summed E-state index contributed by atoms with van der Waals surface area (Å²) in [6, 6.07) is 9.36. The highest BCUT2D eigenvalue weighted by Gasteiger charge is 2.10. The molecule has 4 heteroatoms. The third kappa shape index (κ3) is 2.71. The van der Waals surface area contributed by atoms with Crippen LogP contribution in [0.25, 0.3) is 0 Å². The van der Waals surface area contributed by atoms with Gasteiger partial charge in [0.15, 0.2) is 0 Å². The Kier molecular flexibility index (Phi) is 5.09. The molecule has 0 fully saturated rings. The van der Waals surface area contributed by atoms with Crippen molar-refractivity contribution in [2.24, 2.45) is 5.73 Å². The summed E-state index contributed by atoms with van der Waals surface area (Å²) >= 11 is 5.87. The van der Waals surface area contributed by atoms with Crippen molar-refractivity contribution >= 4 is 11.6 Å². The second-order valence-electron chi connectivity index (χ2n) is 2.44. The van der Waals surface area contributed by atoms with Gasteiger partial charge in [0.1, 0.15) is 0 Å². The lowest BCUT2D eigenvalue weighted by atomic mass is 10.0. The molecule has 1 atom stereocenters. The predicted molar refractivity (Wildman–Crippen MR) is 53.9 cm³/mol. The SMILES string of the molecule is N.N#CC(CN)c1ccccc1Cl. The smallest absolute Gasteiger partial charge is 0.0849 e. The van der Waals surface area contributed by atoms with Gasteiger partial charge in [-0.2, -0.15) is 5.26 Å². The van der Waals surface area contributed by atoms with E-state index in [0.717, 1.165) is 5.56 Å². The summed E-state index contributed by atoms with van der Waals surface area (Å²) in [6.07, 6.45) is 0. The lowest BCUT2D eigenvalue weighted by molar-refractivity contribution is 0.862. The van der Waals surface area contributed by atoms with Gasteiger partial charge in [0.25, 0.3) is 0 Å². The fourth-order valence-corrected chi connectivity index (χ4v) is 1.27. The van der Waals surface area contributed by atoms with E-state index < -0.39 is 0 Å². The Bertz CT molecular complexity index is 306. The van der Waals surface area contributed by atoms with Gasteiger partial charge < -0.3 is 11.9 Å². The maximum Gasteiger partial charge on any atom is 0.0849 e. The summed E-state index contributed by atoms with van der Waals surface area (Å²) in [6.45, 7) is 0.306. The zero-order chi connectivity index (χ0) is 8.97. The minimum Gasteiger partial charge on any atom is -0.344 e. The van der Waals surface area contributed by atoms with Crippen LogP contribution in [0.4, 0.5) is 0 Å². The van der Waals surface area contributed by atoms with Crippen molar-refractivity contribution in [3.63, 3.8) is 0 Å². The Balaban J connectivity index is 0.00000144. The lowest BCUT2D eigenvalue weighted by Gasteiger charge is -2.07. The molecule has 1 unspecified atom stereocenters. The van der Waals surface area contributed by atoms with Crippen LogP contribution in [-0.4, -0.2) is 6.54 Å². The van der Waals surface area contributed by atoms with Gasteiger partial charge in [-0.3, -0.25) is 0 Å². The third-order valence-corrected chi connectivity index (χ3v) is 2.02. The van der Waals surface area contributed by atoms with Crippen molar-refractivity contribution in [3.05, 3.63) is 34.9 Å². The second-order valence-corrected chi connectivity index (χ2v) is 2.85. The van der Waals surface area contributed by atoms with Gasteiger partial charge in [-0.15, -0.1) is 0 Å². The third-order valence-electron chi connectivity index (χ3n) is 1.67. The quantitative estimate of drug-likeness (QED) is 0.761. The van der Waals surface area contributed by atoms with Gasteiger partial charge in [0.2, 0.25) is 0 Å². The topological polar surface area (TPSA) is 84.8 Å². The van der Waals surface area contributed by atoms with Crippen LogP contribution in [0.1, 0.15) is 11.5 Å². The molecule has 1 rings (SSSR count). The molecule has 0 aromatic heterocycles. The average Bonchev–Trinajstić information content (AvgIpc) is 2.10. The molecule has 0 radical (unpaired) electrons. The van der Waals surface area contributed by atoms with Crippen molar-refractivity contribution in [1.29, 1.82) is 5.26 Å². The van der Waals surface area contributed by atoms with Gasteiger partial charge in [0, 0.05) is 11.6 Å². The number of nitrogens with two attached hydrogens (primary N) is 1. The second kappa shape index (κ2) is 5.55. The van der Waals surface area contributed by atoms with Crippen LogP contribution in [0.15, 0.2) is 24.3 Å². The van der Waals surface area contributed by atoms with E-state index >= 15 is 0 Å². The molecule has 70 valence electrons. The van der Waals surface area contributed by atoms with Crippen LogP contribution in [0.5, 0.6) is 0 Å². The molecular weight excluding hydrogens is 186 g/mol. The largest absolute Gasteiger partial charge is 0.344 e. The molecule has 3 nitrogen and oxygen atoms in total. The van der Waals surface area contributed by atoms with E-state index in [9.17, 15) is 0 Å². The van der Waals surface area contributed by atoms with Crippen molar-refractivity contribution in [2.45, 2.75) is 5.92 Å². The summed E-state index contributed by atoms with van der Waals surface area (Å²) in [7, 11) is 0. The zero-order valence-corrected chi connectivity index (χ0v) is 7.96. The molecule has 13 heavy (non-hydrogen) atoms. The van der Waals surface area contributed by atoms with Crippen LogP contribution in [0.3, 0.4) is 0 Å². The maximum atomic E-state index is 8.72. The van der Waals surface area contributed by atoms with Crippen molar-refractivity contribution < 1.29 is 0 Å². The number of rotatable bonds is 2. The van der Waals surface area contributed by atoms with Gasteiger partial charge in [-0.05, 0) is 11.6 Å². The van der Waals surface area contributed by atoms with Crippen molar-refractivity contribution in [1.82, 2.24) is 6.15 Å². The molecule has 0 spiro atoms. The lowest BCUT2D eigenvalue weighted by Crippen LogP contribution is -2.10. The van der Waals surface area contributed by atoms with Crippen LogP contribution in [0, 0.1) is 11.3 Å². The Morgan fingerprint density at radius 2 is 2.08 bits per heavy atom. The minimum absolute atomic E-state index is 0. The van der Waals surface area contributed by atoms with E-state index in [1.807, 2.05) is 18.2 Å². The summed E-state index contributed by atoms with van der Waals surface area (Å²) in [5, 5.41) is 9.32. The Morgan fingerprint density at radius 1 is 1.46 bits per heavy atom. The van der Waals surface area contributed by atoms with E-state index in [4.69, 9.17) is 22.6 Å². The van der Waals surface area contributed by atoms with Gasteiger partial charge in [-0.1, -0.05) is 29.8 Å². The van der Waals surface area contributed by atoms with Crippen molar-refractivity contribution in [3.8, 4) is 6.07 Å². The Labute approximate surface area is 82.7 Å². The molecule has 0 aliphatic heterocycles. The number of hydrogen-bond acceptors (Lipinski definition) is 3. The molecule has 0 bridgehead atoms. The predicted octanol–water partition coefficient (Wildman–Crippen LogP) is 2.07. The van der Waals surface area contributed by atoms with Crippen molar-refractivity contribution in [2.75, 3.05) is 6.54 Å². The maximum absolute atomic E-state index is 8.72. The van der Waals surface area contributed by atoms with Crippen LogP contribution < -0.4 is 11.9 Å². The highest BCUT2D eigenvalue weighted by Crippen LogP contribution is 2.22. The van der Waals surface area contributed by atoms with E-state index in [0.29, 0.717) is 11.6 Å². The molecule has 0 aliphatic rings. The van der Waals surface area contributed by atoms with Crippen LogP contribution in [0.2, 0.25) is 5.02 Å². The molecule has 0 saturated heterocycles. The molecule has 0 amide bonds. The number of halogens is 1. The van der Waals surface area contributed by atoms with E-state index in [-0.39, 0.29) is 12.1 Å². The molecule has 0 heterocycles. The fourth-order valence-electron chi connectivity index (χ4n) is 1.01. The van der Waals surface area contributed by atoms with Gasteiger partial charge in [-0.25, -0.2) is 0 Å². The van der Waals surface area contributed by atoms with Gasteiger partial charge >= 0.3 is 0 Å². The number of nitriles is 1. The highest BCUT2D eigenvalue weighted by atomic mass is 35.5. The summed E-state index contributed by atoms with van der Waals surface area (Å²) < 4.78 is 0. The average molecular weight is 198 g/mol. The van der Waals surface area contributed by atoms with E-state index in [1.54, 1.807) is 6.07 Å². The molecule has 0 saturated carbocycles. The summed E-state index contributed by atoms with van der Waals surface area (Å²) in [4.78, 5) is 0. The molecular formula is C9H12ClN3. The first-order chi connectivity index (χ1) is 5.79. The monoisotopic (exact) mass is 197 g/mol. The molecule has 5 N–H and O–H groups in total. The Hall–Kier alpha value is -1.08. The van der Waals surface area contributed by atoms with Gasteiger partial charge in [0.05, 0.1) is 12.0 Å².